The van der Waals surface area contributed by atoms with E-state index in [0.717, 1.165) is 27.9 Å². The Bertz CT molecular complexity index is 496. The van der Waals surface area contributed by atoms with Gasteiger partial charge in [-0.2, -0.15) is 0 Å². The van der Waals surface area contributed by atoms with Gasteiger partial charge < -0.3 is 0 Å². The first-order valence-corrected chi connectivity index (χ1v) is 9.85. The lowest BCUT2D eigenvalue weighted by molar-refractivity contribution is 0.457. The van der Waals surface area contributed by atoms with Gasteiger partial charge in [0.15, 0.2) is 0 Å². The molecule has 0 amide bonds. The minimum atomic E-state index is -3.41. The number of hydrogen-bond donors (Lipinski definition) is 1. The molecule has 1 aromatic rings. The van der Waals surface area contributed by atoms with Crippen LogP contribution in [0.5, 0.6) is 0 Å². The molecule has 0 saturated carbocycles. The van der Waals surface area contributed by atoms with Crippen LogP contribution in [0.1, 0.15) is 31.1 Å². The Kier molecular flexibility index (Phi) is 7.32. The average Bonchev–Trinajstić information content (AvgIpc) is 2.67. The molecular formula is C12H19BrClNO2S2. The zero-order valence-corrected chi connectivity index (χ0v) is 15.1. The van der Waals surface area contributed by atoms with E-state index in [4.69, 9.17) is 11.6 Å². The summed E-state index contributed by atoms with van der Waals surface area (Å²) in [5, 5.41) is 0. The standard InChI is InChI=1S/C12H19BrClNO2S2/c1-3-4-10(5-6-14)8-15-19(16,17)11-7-12(13)18-9(11)2/h7,10,15H,3-6,8H2,1-2H3. The molecule has 1 aromatic heterocycles. The van der Waals surface area contributed by atoms with E-state index in [-0.39, 0.29) is 0 Å². The van der Waals surface area contributed by atoms with E-state index < -0.39 is 10.0 Å². The molecule has 0 aliphatic rings. The number of thiophene rings is 1. The second-order valence-corrected chi connectivity index (χ2v) is 9.20. The summed E-state index contributed by atoms with van der Waals surface area (Å²) in [5.41, 5.74) is 0. The second kappa shape index (κ2) is 7.98. The normalized spacial score (nSPS) is 13.7. The van der Waals surface area contributed by atoms with E-state index in [2.05, 4.69) is 27.6 Å². The SMILES string of the molecule is CCCC(CCCl)CNS(=O)(=O)c1cc(Br)sc1C. The Morgan fingerprint density at radius 1 is 1.47 bits per heavy atom. The predicted molar refractivity (Wildman–Crippen MR) is 85.7 cm³/mol. The molecule has 0 fully saturated rings. The van der Waals surface area contributed by atoms with Crippen molar-refractivity contribution in [2.75, 3.05) is 12.4 Å². The van der Waals surface area contributed by atoms with Crippen LogP contribution in [-0.4, -0.2) is 20.8 Å². The maximum absolute atomic E-state index is 12.2. The zero-order chi connectivity index (χ0) is 14.5. The first kappa shape index (κ1) is 17.4. The molecule has 1 rings (SSSR count). The molecule has 0 aliphatic heterocycles. The fourth-order valence-electron chi connectivity index (χ4n) is 1.91. The maximum atomic E-state index is 12.2. The molecule has 0 spiro atoms. The first-order valence-electron chi connectivity index (χ1n) is 6.22. The van der Waals surface area contributed by atoms with Crippen LogP contribution >= 0.6 is 38.9 Å². The van der Waals surface area contributed by atoms with Crippen LogP contribution in [0.15, 0.2) is 14.7 Å². The van der Waals surface area contributed by atoms with Gasteiger partial charge in [0.05, 0.1) is 8.68 Å². The van der Waals surface area contributed by atoms with Gasteiger partial charge in [-0.25, -0.2) is 13.1 Å². The van der Waals surface area contributed by atoms with Crippen molar-refractivity contribution in [3.05, 3.63) is 14.7 Å². The van der Waals surface area contributed by atoms with Crippen LogP contribution in [0.25, 0.3) is 0 Å². The summed E-state index contributed by atoms with van der Waals surface area (Å²) in [6.07, 6.45) is 2.86. The van der Waals surface area contributed by atoms with Gasteiger partial charge in [0.25, 0.3) is 0 Å². The summed E-state index contributed by atoms with van der Waals surface area (Å²) in [6, 6.07) is 1.65. The summed E-state index contributed by atoms with van der Waals surface area (Å²) >= 11 is 10.5. The van der Waals surface area contributed by atoms with Gasteiger partial charge in [0.1, 0.15) is 0 Å². The number of aryl methyl sites for hydroxylation is 1. The molecule has 1 heterocycles. The number of halogens is 2. The maximum Gasteiger partial charge on any atom is 0.241 e. The molecule has 1 N–H and O–H groups in total. The minimum Gasteiger partial charge on any atom is -0.211 e. The Morgan fingerprint density at radius 2 is 2.16 bits per heavy atom. The highest BCUT2D eigenvalue weighted by Gasteiger charge is 2.20. The number of sulfonamides is 1. The molecule has 0 aliphatic carbocycles. The molecule has 0 radical (unpaired) electrons. The summed E-state index contributed by atoms with van der Waals surface area (Å²) in [4.78, 5) is 1.16. The van der Waals surface area contributed by atoms with Crippen LogP contribution in [0.2, 0.25) is 0 Å². The van der Waals surface area contributed by atoms with E-state index in [1.165, 1.54) is 11.3 Å². The molecule has 0 saturated heterocycles. The molecule has 3 nitrogen and oxygen atoms in total. The summed E-state index contributed by atoms with van der Waals surface area (Å²) in [5.74, 6) is 0.870. The van der Waals surface area contributed by atoms with E-state index in [1.54, 1.807) is 6.07 Å². The topological polar surface area (TPSA) is 46.2 Å². The monoisotopic (exact) mass is 387 g/mol. The third-order valence-corrected chi connectivity index (χ3v) is 6.36. The first-order chi connectivity index (χ1) is 8.90. The third kappa shape index (κ3) is 5.34. The molecule has 1 unspecified atom stereocenters. The number of alkyl halides is 1. The Morgan fingerprint density at radius 3 is 2.63 bits per heavy atom. The Balaban J connectivity index is 2.72. The summed E-state index contributed by atoms with van der Waals surface area (Å²) < 4.78 is 28.0. The number of rotatable bonds is 8. The van der Waals surface area contributed by atoms with Crippen molar-refractivity contribution in [2.45, 2.75) is 38.0 Å². The van der Waals surface area contributed by atoms with Gasteiger partial charge in [-0.3, -0.25) is 0 Å². The highest BCUT2D eigenvalue weighted by molar-refractivity contribution is 9.11. The summed E-state index contributed by atoms with van der Waals surface area (Å²) in [7, 11) is -3.41. The average molecular weight is 389 g/mol. The highest BCUT2D eigenvalue weighted by Crippen LogP contribution is 2.29. The van der Waals surface area contributed by atoms with E-state index in [9.17, 15) is 8.42 Å². The lowest BCUT2D eigenvalue weighted by Gasteiger charge is -2.15. The molecule has 0 aromatic carbocycles. The van der Waals surface area contributed by atoms with Gasteiger partial charge in [-0.05, 0) is 47.7 Å². The molecule has 1 atom stereocenters. The van der Waals surface area contributed by atoms with Gasteiger partial charge >= 0.3 is 0 Å². The number of nitrogens with one attached hydrogen (secondary N) is 1. The van der Waals surface area contributed by atoms with Gasteiger partial charge in [-0.15, -0.1) is 22.9 Å². The van der Waals surface area contributed by atoms with Crippen LogP contribution < -0.4 is 4.72 Å². The van der Waals surface area contributed by atoms with E-state index in [1.807, 2.05) is 6.92 Å². The quantitative estimate of drug-likeness (QED) is 0.680. The van der Waals surface area contributed by atoms with Crippen molar-refractivity contribution in [3.8, 4) is 0 Å². The smallest absolute Gasteiger partial charge is 0.211 e. The highest BCUT2D eigenvalue weighted by atomic mass is 79.9. The van der Waals surface area contributed by atoms with Crippen molar-refractivity contribution in [1.82, 2.24) is 4.72 Å². The minimum absolute atomic E-state index is 0.305. The third-order valence-electron chi connectivity index (χ3n) is 2.91. The van der Waals surface area contributed by atoms with Crippen LogP contribution in [0.4, 0.5) is 0 Å². The van der Waals surface area contributed by atoms with Crippen LogP contribution in [0, 0.1) is 12.8 Å². The lowest BCUT2D eigenvalue weighted by atomic mass is 10.0. The van der Waals surface area contributed by atoms with Crippen molar-refractivity contribution in [3.63, 3.8) is 0 Å². The van der Waals surface area contributed by atoms with Gasteiger partial charge in [-0.1, -0.05) is 13.3 Å². The zero-order valence-electron chi connectivity index (χ0n) is 11.1. The predicted octanol–water partition coefficient (Wildman–Crippen LogP) is 4.14. The van der Waals surface area contributed by atoms with Crippen LogP contribution in [-0.2, 0) is 10.0 Å². The molecule has 110 valence electrons. The second-order valence-electron chi connectivity index (χ2n) is 4.46. The van der Waals surface area contributed by atoms with Crippen molar-refractivity contribution < 1.29 is 8.42 Å². The van der Waals surface area contributed by atoms with E-state index in [0.29, 0.717) is 23.2 Å². The number of hydrogen-bond acceptors (Lipinski definition) is 3. The van der Waals surface area contributed by atoms with E-state index >= 15 is 0 Å². The van der Waals surface area contributed by atoms with Crippen molar-refractivity contribution >= 4 is 48.9 Å². The Labute approximate surface area is 132 Å². The van der Waals surface area contributed by atoms with Crippen molar-refractivity contribution in [1.29, 1.82) is 0 Å². The molecular weight excluding hydrogens is 370 g/mol. The fraction of sp³-hybridized carbons (Fsp3) is 0.667. The van der Waals surface area contributed by atoms with Gasteiger partial charge in [0.2, 0.25) is 10.0 Å². The van der Waals surface area contributed by atoms with Gasteiger partial charge in [0, 0.05) is 17.3 Å². The van der Waals surface area contributed by atoms with Crippen molar-refractivity contribution in [2.24, 2.45) is 5.92 Å². The van der Waals surface area contributed by atoms with Crippen LogP contribution in [0.3, 0.4) is 0 Å². The fourth-order valence-corrected chi connectivity index (χ4v) is 5.75. The Hall–Kier alpha value is 0.380. The lowest BCUT2D eigenvalue weighted by Crippen LogP contribution is -2.29. The molecule has 7 heteroatoms. The molecule has 19 heavy (non-hydrogen) atoms. The largest absolute Gasteiger partial charge is 0.241 e. The summed E-state index contributed by atoms with van der Waals surface area (Å²) in [6.45, 7) is 4.36. The molecule has 0 bridgehead atoms.